The largest absolute Gasteiger partial charge is 0.418 e. The van der Waals surface area contributed by atoms with Gasteiger partial charge in [0, 0.05) is 10.2 Å². The number of para-hydroxylation sites is 1. The molecule has 20 heavy (non-hydrogen) atoms. The Hall–Kier alpha value is -1.76. The molecule has 3 N–H and O–H groups in total. The highest BCUT2D eigenvalue weighted by atomic mass is 79.9. The summed E-state index contributed by atoms with van der Waals surface area (Å²) in [7, 11) is 0. The van der Waals surface area contributed by atoms with Crippen LogP contribution in [0.15, 0.2) is 40.9 Å². The molecule has 0 fully saturated rings. The number of nitrogens with one attached hydrogen (secondary N) is 1. The highest BCUT2D eigenvalue weighted by molar-refractivity contribution is 9.10. The third-order valence-corrected chi connectivity index (χ3v) is 3.23. The fourth-order valence-electron chi connectivity index (χ4n) is 1.66. The van der Waals surface area contributed by atoms with Gasteiger partial charge in [0.15, 0.2) is 0 Å². The number of rotatable bonds is 2. The lowest BCUT2D eigenvalue weighted by Gasteiger charge is -2.16. The van der Waals surface area contributed by atoms with Crippen molar-refractivity contribution in [1.82, 2.24) is 0 Å². The van der Waals surface area contributed by atoms with E-state index in [0.29, 0.717) is 4.47 Å². The molecule has 2 aromatic rings. The van der Waals surface area contributed by atoms with Gasteiger partial charge in [-0.1, -0.05) is 6.07 Å². The Kier molecular flexibility index (Phi) is 3.89. The van der Waals surface area contributed by atoms with Crippen LogP contribution in [-0.2, 0) is 6.18 Å². The predicted octanol–water partition coefficient (Wildman–Crippen LogP) is 4.93. The Morgan fingerprint density at radius 1 is 1.10 bits per heavy atom. The number of hydrogen-bond acceptors (Lipinski definition) is 2. The summed E-state index contributed by atoms with van der Waals surface area (Å²) in [5.41, 5.74) is 4.06. The maximum absolute atomic E-state index is 13.6. The van der Waals surface area contributed by atoms with E-state index >= 15 is 0 Å². The van der Waals surface area contributed by atoms with Crippen LogP contribution in [0.2, 0.25) is 0 Å². The lowest BCUT2D eigenvalue weighted by Crippen LogP contribution is -2.10. The fraction of sp³-hybridized carbons (Fsp3) is 0.0769. The van der Waals surface area contributed by atoms with Gasteiger partial charge < -0.3 is 11.1 Å². The molecular formula is C13H9BrF4N2. The van der Waals surface area contributed by atoms with Gasteiger partial charge in [0.05, 0.1) is 16.9 Å². The zero-order valence-electron chi connectivity index (χ0n) is 9.93. The van der Waals surface area contributed by atoms with E-state index in [1.807, 2.05) is 0 Å². The van der Waals surface area contributed by atoms with E-state index in [-0.39, 0.29) is 17.1 Å². The molecule has 0 aliphatic carbocycles. The number of hydrogen-bond donors (Lipinski definition) is 2. The number of anilines is 3. The van der Waals surface area contributed by atoms with E-state index in [2.05, 4.69) is 21.2 Å². The van der Waals surface area contributed by atoms with E-state index in [9.17, 15) is 17.6 Å². The zero-order chi connectivity index (χ0) is 14.9. The molecule has 0 aliphatic rings. The molecule has 2 nitrogen and oxygen atoms in total. The number of nitrogen functional groups attached to an aromatic ring is 1. The highest BCUT2D eigenvalue weighted by Gasteiger charge is 2.34. The first-order chi connectivity index (χ1) is 9.29. The standard InChI is InChI=1S/C13H9BrF4N2/c14-9-2-1-3-10(15)12(9)20-11-5-4-7(19)6-8(11)13(16,17)18/h1-6,20H,19H2. The van der Waals surface area contributed by atoms with Crippen molar-refractivity contribution in [3.05, 3.63) is 52.3 Å². The fourth-order valence-corrected chi connectivity index (χ4v) is 2.10. The third kappa shape index (κ3) is 3.04. The second-order valence-corrected chi connectivity index (χ2v) is 4.88. The molecule has 0 spiro atoms. The Morgan fingerprint density at radius 3 is 2.40 bits per heavy atom. The molecule has 0 saturated heterocycles. The minimum atomic E-state index is -4.59. The average molecular weight is 349 g/mol. The Balaban J connectivity index is 2.49. The van der Waals surface area contributed by atoms with Gasteiger partial charge in [-0.3, -0.25) is 0 Å². The van der Waals surface area contributed by atoms with Crippen LogP contribution in [0.3, 0.4) is 0 Å². The van der Waals surface area contributed by atoms with Crippen molar-refractivity contribution < 1.29 is 17.6 Å². The monoisotopic (exact) mass is 348 g/mol. The number of nitrogens with two attached hydrogens (primary N) is 1. The number of benzene rings is 2. The molecule has 0 amide bonds. The average Bonchev–Trinajstić information content (AvgIpc) is 2.34. The zero-order valence-corrected chi connectivity index (χ0v) is 11.5. The smallest absolute Gasteiger partial charge is 0.399 e. The molecular weight excluding hydrogens is 340 g/mol. The van der Waals surface area contributed by atoms with E-state index < -0.39 is 17.6 Å². The minimum absolute atomic E-state index is 0.0181. The molecule has 0 saturated carbocycles. The van der Waals surface area contributed by atoms with Gasteiger partial charge in [-0.05, 0) is 46.3 Å². The summed E-state index contributed by atoms with van der Waals surface area (Å²) < 4.78 is 52.8. The van der Waals surface area contributed by atoms with Gasteiger partial charge >= 0.3 is 6.18 Å². The summed E-state index contributed by atoms with van der Waals surface area (Å²) in [5, 5.41) is 2.45. The Morgan fingerprint density at radius 2 is 1.80 bits per heavy atom. The van der Waals surface area contributed by atoms with Gasteiger partial charge in [-0.15, -0.1) is 0 Å². The molecule has 7 heteroatoms. The summed E-state index contributed by atoms with van der Waals surface area (Å²) in [6.07, 6.45) is -4.59. The lowest BCUT2D eigenvalue weighted by molar-refractivity contribution is -0.136. The third-order valence-electron chi connectivity index (χ3n) is 2.57. The molecule has 0 bridgehead atoms. The van der Waals surface area contributed by atoms with Crippen molar-refractivity contribution in [1.29, 1.82) is 0 Å². The van der Waals surface area contributed by atoms with Gasteiger partial charge in [-0.2, -0.15) is 13.2 Å². The van der Waals surface area contributed by atoms with Gasteiger partial charge in [-0.25, -0.2) is 4.39 Å². The molecule has 0 atom stereocenters. The Labute approximate surface area is 120 Å². The van der Waals surface area contributed by atoms with Gasteiger partial charge in [0.1, 0.15) is 5.82 Å². The summed E-state index contributed by atoms with van der Waals surface area (Å²) in [6.45, 7) is 0. The molecule has 0 heterocycles. The van der Waals surface area contributed by atoms with Crippen LogP contribution in [-0.4, -0.2) is 0 Å². The molecule has 0 radical (unpaired) electrons. The summed E-state index contributed by atoms with van der Waals surface area (Å²) in [6, 6.07) is 7.40. The maximum atomic E-state index is 13.6. The van der Waals surface area contributed by atoms with Crippen LogP contribution in [0.5, 0.6) is 0 Å². The van der Waals surface area contributed by atoms with Crippen molar-refractivity contribution in [2.75, 3.05) is 11.1 Å². The predicted molar refractivity (Wildman–Crippen MR) is 73.2 cm³/mol. The van der Waals surface area contributed by atoms with Crippen LogP contribution in [0.25, 0.3) is 0 Å². The Bertz CT molecular complexity index is 621. The highest BCUT2D eigenvalue weighted by Crippen LogP contribution is 2.38. The lowest BCUT2D eigenvalue weighted by atomic mass is 10.1. The van der Waals surface area contributed by atoms with E-state index in [0.717, 1.165) is 18.2 Å². The van der Waals surface area contributed by atoms with Crippen molar-refractivity contribution in [3.63, 3.8) is 0 Å². The summed E-state index contributed by atoms with van der Waals surface area (Å²) in [4.78, 5) is 0. The SMILES string of the molecule is Nc1ccc(Nc2c(F)cccc2Br)c(C(F)(F)F)c1. The van der Waals surface area contributed by atoms with Crippen molar-refractivity contribution in [3.8, 4) is 0 Å². The van der Waals surface area contributed by atoms with E-state index in [1.54, 1.807) is 0 Å². The molecule has 106 valence electrons. The quantitative estimate of drug-likeness (QED) is 0.596. The molecule has 0 unspecified atom stereocenters. The van der Waals surface area contributed by atoms with Crippen molar-refractivity contribution in [2.45, 2.75) is 6.18 Å². The second kappa shape index (κ2) is 5.32. The number of alkyl halides is 3. The van der Waals surface area contributed by atoms with Crippen LogP contribution in [0.4, 0.5) is 34.6 Å². The minimum Gasteiger partial charge on any atom is -0.399 e. The topological polar surface area (TPSA) is 38.0 Å². The van der Waals surface area contributed by atoms with Crippen LogP contribution in [0, 0.1) is 5.82 Å². The van der Waals surface area contributed by atoms with Crippen LogP contribution >= 0.6 is 15.9 Å². The molecule has 0 aromatic heterocycles. The van der Waals surface area contributed by atoms with Crippen molar-refractivity contribution >= 4 is 33.0 Å². The van der Waals surface area contributed by atoms with E-state index in [4.69, 9.17) is 5.73 Å². The first-order valence-corrected chi connectivity index (χ1v) is 6.26. The van der Waals surface area contributed by atoms with Crippen LogP contribution < -0.4 is 11.1 Å². The number of halogens is 5. The van der Waals surface area contributed by atoms with Crippen LogP contribution in [0.1, 0.15) is 5.56 Å². The molecule has 0 aliphatic heterocycles. The first-order valence-electron chi connectivity index (χ1n) is 5.47. The normalized spacial score (nSPS) is 11.4. The first kappa shape index (κ1) is 14.6. The van der Waals surface area contributed by atoms with E-state index in [1.165, 1.54) is 18.2 Å². The van der Waals surface area contributed by atoms with Crippen molar-refractivity contribution in [2.24, 2.45) is 0 Å². The van der Waals surface area contributed by atoms with Gasteiger partial charge in [0.25, 0.3) is 0 Å². The second-order valence-electron chi connectivity index (χ2n) is 4.02. The molecule has 2 rings (SSSR count). The summed E-state index contributed by atoms with van der Waals surface area (Å²) in [5.74, 6) is -0.663. The summed E-state index contributed by atoms with van der Waals surface area (Å²) >= 11 is 3.09. The van der Waals surface area contributed by atoms with Gasteiger partial charge in [0.2, 0.25) is 0 Å². The molecule has 2 aromatic carbocycles. The maximum Gasteiger partial charge on any atom is 0.418 e.